The Morgan fingerprint density at radius 3 is 2.87 bits per heavy atom. The number of rotatable bonds is 3. The number of anilines is 1. The summed E-state index contributed by atoms with van der Waals surface area (Å²) in [7, 11) is 1.58. The van der Waals surface area contributed by atoms with Crippen LogP contribution in [0.25, 0.3) is 0 Å². The lowest BCUT2D eigenvalue weighted by atomic mass is 10.1. The highest BCUT2D eigenvalue weighted by molar-refractivity contribution is 5.81. The third-order valence-corrected chi connectivity index (χ3v) is 2.10. The van der Waals surface area contributed by atoms with Gasteiger partial charge in [0.05, 0.1) is 17.8 Å². The molecule has 1 rings (SSSR count). The van der Waals surface area contributed by atoms with Crippen molar-refractivity contribution in [2.75, 3.05) is 18.9 Å². The summed E-state index contributed by atoms with van der Waals surface area (Å²) in [6, 6.07) is 7.52. The van der Waals surface area contributed by atoms with Gasteiger partial charge in [0.25, 0.3) is 0 Å². The quantitative estimate of drug-likeness (QED) is 0.771. The van der Waals surface area contributed by atoms with Crippen LogP contribution < -0.4 is 10.6 Å². The Hall–Kier alpha value is -2.02. The molecular formula is C11H13N3O. The Morgan fingerprint density at radius 2 is 2.27 bits per heavy atom. The zero-order valence-electron chi connectivity index (χ0n) is 8.79. The molecule has 0 atom stereocenters. The number of benzene rings is 1. The molecule has 78 valence electrons. The Kier molecular flexibility index (Phi) is 3.69. The molecule has 2 N–H and O–H groups in total. The smallest absolute Gasteiger partial charge is 0.239 e. The highest BCUT2D eigenvalue weighted by atomic mass is 16.1. The molecule has 0 saturated heterocycles. The van der Waals surface area contributed by atoms with E-state index in [4.69, 9.17) is 5.26 Å². The van der Waals surface area contributed by atoms with Gasteiger partial charge >= 0.3 is 0 Å². The van der Waals surface area contributed by atoms with E-state index in [1.165, 1.54) is 0 Å². The lowest BCUT2D eigenvalue weighted by Crippen LogP contribution is -2.26. The number of nitrogens with one attached hydrogen (secondary N) is 2. The fourth-order valence-electron chi connectivity index (χ4n) is 1.25. The van der Waals surface area contributed by atoms with Gasteiger partial charge in [0, 0.05) is 7.05 Å². The van der Waals surface area contributed by atoms with Gasteiger partial charge in [-0.1, -0.05) is 12.1 Å². The molecule has 1 amide bonds. The number of hydrogen-bond acceptors (Lipinski definition) is 3. The largest absolute Gasteiger partial charge is 0.375 e. The predicted octanol–water partition coefficient (Wildman–Crippen LogP) is 1.02. The monoisotopic (exact) mass is 203 g/mol. The molecule has 0 bridgehead atoms. The average molecular weight is 203 g/mol. The molecule has 0 unspecified atom stereocenters. The lowest BCUT2D eigenvalue weighted by molar-refractivity contribution is -0.118. The summed E-state index contributed by atoms with van der Waals surface area (Å²) >= 11 is 0. The third-order valence-electron chi connectivity index (χ3n) is 2.10. The van der Waals surface area contributed by atoms with E-state index in [1.807, 2.05) is 19.1 Å². The number of aryl methyl sites for hydroxylation is 1. The number of para-hydroxylation sites is 1. The number of nitrogens with zero attached hydrogens (tertiary/aromatic N) is 1. The predicted molar refractivity (Wildman–Crippen MR) is 58.5 cm³/mol. The first-order valence-electron chi connectivity index (χ1n) is 4.63. The van der Waals surface area contributed by atoms with Gasteiger partial charge in [-0.25, -0.2) is 0 Å². The normalized spacial score (nSPS) is 9.13. The Balaban J connectivity index is 2.84. The van der Waals surface area contributed by atoms with Crippen LogP contribution in [0.2, 0.25) is 0 Å². The molecule has 4 heteroatoms. The summed E-state index contributed by atoms with van der Waals surface area (Å²) in [6.07, 6.45) is 0. The van der Waals surface area contributed by atoms with Crippen molar-refractivity contribution in [3.63, 3.8) is 0 Å². The van der Waals surface area contributed by atoms with Gasteiger partial charge in [-0.3, -0.25) is 4.79 Å². The van der Waals surface area contributed by atoms with Crippen LogP contribution in [0.15, 0.2) is 18.2 Å². The topological polar surface area (TPSA) is 64.9 Å². The number of nitriles is 1. The maximum absolute atomic E-state index is 11.0. The number of carbonyl (C=O) groups is 1. The van der Waals surface area contributed by atoms with Crippen LogP contribution in [0.1, 0.15) is 11.1 Å². The van der Waals surface area contributed by atoms with E-state index in [9.17, 15) is 4.79 Å². The second-order valence-corrected chi connectivity index (χ2v) is 3.14. The van der Waals surface area contributed by atoms with Crippen molar-refractivity contribution in [3.05, 3.63) is 29.3 Å². The zero-order chi connectivity index (χ0) is 11.3. The van der Waals surface area contributed by atoms with E-state index in [0.717, 1.165) is 11.3 Å². The Labute approximate surface area is 88.9 Å². The minimum Gasteiger partial charge on any atom is -0.375 e. The molecule has 0 fully saturated rings. The molecule has 0 aliphatic heterocycles. The minimum atomic E-state index is -0.109. The molecule has 0 spiro atoms. The maximum Gasteiger partial charge on any atom is 0.239 e. The number of carbonyl (C=O) groups excluding carboxylic acids is 1. The van der Waals surface area contributed by atoms with Gasteiger partial charge in [0.2, 0.25) is 5.91 Å². The van der Waals surface area contributed by atoms with Crippen LogP contribution in [0.4, 0.5) is 5.69 Å². The fourth-order valence-corrected chi connectivity index (χ4v) is 1.25. The summed E-state index contributed by atoms with van der Waals surface area (Å²) < 4.78 is 0. The van der Waals surface area contributed by atoms with E-state index < -0.39 is 0 Å². The van der Waals surface area contributed by atoms with Crippen molar-refractivity contribution < 1.29 is 4.79 Å². The van der Waals surface area contributed by atoms with E-state index in [-0.39, 0.29) is 12.5 Å². The van der Waals surface area contributed by atoms with E-state index in [1.54, 1.807) is 13.1 Å². The fraction of sp³-hybridized carbons (Fsp3) is 0.273. The van der Waals surface area contributed by atoms with Crippen LogP contribution in [0.5, 0.6) is 0 Å². The van der Waals surface area contributed by atoms with Crippen molar-refractivity contribution in [2.24, 2.45) is 0 Å². The second-order valence-electron chi connectivity index (χ2n) is 3.14. The van der Waals surface area contributed by atoms with Gasteiger partial charge < -0.3 is 10.6 Å². The van der Waals surface area contributed by atoms with Crippen LogP contribution >= 0.6 is 0 Å². The summed E-state index contributed by atoms with van der Waals surface area (Å²) in [5.41, 5.74) is 2.24. The van der Waals surface area contributed by atoms with E-state index in [2.05, 4.69) is 16.7 Å². The lowest BCUT2D eigenvalue weighted by Gasteiger charge is -2.09. The number of amides is 1. The number of hydrogen-bond donors (Lipinski definition) is 2. The number of likely N-dealkylation sites (N-methyl/N-ethyl adjacent to an activating group) is 1. The molecule has 0 aliphatic rings. The molecule has 1 aromatic rings. The first kappa shape index (κ1) is 11.1. The highest BCUT2D eigenvalue weighted by Crippen LogP contribution is 2.18. The second kappa shape index (κ2) is 5.01. The molecule has 15 heavy (non-hydrogen) atoms. The summed E-state index contributed by atoms with van der Waals surface area (Å²) in [5.74, 6) is -0.109. The van der Waals surface area contributed by atoms with Crippen molar-refractivity contribution in [1.29, 1.82) is 5.26 Å². The molecule has 0 aliphatic carbocycles. The van der Waals surface area contributed by atoms with Crippen LogP contribution in [-0.2, 0) is 4.79 Å². The SMILES string of the molecule is CNC(=O)CNc1c(C)cccc1C#N. The molecule has 1 aromatic carbocycles. The average Bonchev–Trinajstić information content (AvgIpc) is 2.26. The summed E-state index contributed by atoms with van der Waals surface area (Å²) in [4.78, 5) is 11.0. The Bertz CT molecular complexity index is 407. The highest BCUT2D eigenvalue weighted by Gasteiger charge is 2.05. The van der Waals surface area contributed by atoms with E-state index in [0.29, 0.717) is 5.56 Å². The van der Waals surface area contributed by atoms with Gasteiger partial charge in [-0.15, -0.1) is 0 Å². The first-order valence-corrected chi connectivity index (χ1v) is 4.63. The first-order chi connectivity index (χ1) is 7.19. The zero-order valence-corrected chi connectivity index (χ0v) is 8.79. The third kappa shape index (κ3) is 2.71. The minimum absolute atomic E-state index is 0.109. The van der Waals surface area contributed by atoms with Crippen molar-refractivity contribution in [1.82, 2.24) is 5.32 Å². The van der Waals surface area contributed by atoms with Gasteiger partial charge in [0.15, 0.2) is 0 Å². The standard InChI is InChI=1S/C11H13N3O/c1-8-4-3-5-9(6-12)11(8)14-7-10(15)13-2/h3-5,14H,7H2,1-2H3,(H,13,15). The molecule has 0 heterocycles. The van der Waals surface area contributed by atoms with Crippen LogP contribution in [-0.4, -0.2) is 19.5 Å². The van der Waals surface area contributed by atoms with Gasteiger partial charge in [-0.05, 0) is 18.6 Å². The van der Waals surface area contributed by atoms with Crippen molar-refractivity contribution in [2.45, 2.75) is 6.92 Å². The van der Waals surface area contributed by atoms with Crippen LogP contribution in [0.3, 0.4) is 0 Å². The maximum atomic E-state index is 11.0. The Morgan fingerprint density at radius 1 is 1.53 bits per heavy atom. The van der Waals surface area contributed by atoms with Gasteiger partial charge in [0.1, 0.15) is 6.07 Å². The van der Waals surface area contributed by atoms with E-state index >= 15 is 0 Å². The molecule has 0 saturated carbocycles. The van der Waals surface area contributed by atoms with Gasteiger partial charge in [-0.2, -0.15) is 5.26 Å². The molecular weight excluding hydrogens is 190 g/mol. The molecule has 0 radical (unpaired) electrons. The van der Waals surface area contributed by atoms with Crippen molar-refractivity contribution in [3.8, 4) is 6.07 Å². The molecule has 4 nitrogen and oxygen atoms in total. The van der Waals surface area contributed by atoms with Crippen LogP contribution in [0, 0.1) is 18.3 Å². The summed E-state index contributed by atoms with van der Waals surface area (Å²) in [6.45, 7) is 2.07. The van der Waals surface area contributed by atoms with Crippen molar-refractivity contribution >= 4 is 11.6 Å². The summed E-state index contributed by atoms with van der Waals surface area (Å²) in [5, 5.41) is 14.3. The molecule has 0 aromatic heterocycles.